The number of hydrogen-bond acceptors (Lipinski definition) is 4. The number of methoxy groups -OCH3 is 1. The first-order valence-corrected chi connectivity index (χ1v) is 14.2. The molecule has 212 valence electrons. The van der Waals surface area contributed by atoms with Gasteiger partial charge in [0.1, 0.15) is 6.61 Å². The molecule has 41 heavy (non-hydrogen) atoms. The van der Waals surface area contributed by atoms with E-state index in [2.05, 4.69) is 79.0 Å². The molecule has 2 N–H and O–H groups in total. The van der Waals surface area contributed by atoms with E-state index >= 15 is 0 Å². The Morgan fingerprint density at radius 1 is 1.00 bits per heavy atom. The maximum Gasteiger partial charge on any atom is 0.250 e. The van der Waals surface area contributed by atoms with Crippen molar-refractivity contribution in [1.29, 1.82) is 0 Å². The first-order chi connectivity index (χ1) is 19.6. The second-order valence-corrected chi connectivity index (χ2v) is 11.3. The summed E-state index contributed by atoms with van der Waals surface area (Å²) in [4.78, 5) is 19.1. The third kappa shape index (κ3) is 5.37. The van der Waals surface area contributed by atoms with Crippen molar-refractivity contribution in [3.05, 3.63) is 106 Å². The van der Waals surface area contributed by atoms with Crippen LogP contribution in [0.4, 0.5) is 11.4 Å². The number of pyridine rings is 1. The van der Waals surface area contributed by atoms with Crippen LogP contribution in [0.3, 0.4) is 0 Å². The summed E-state index contributed by atoms with van der Waals surface area (Å²) in [5.74, 6) is -0.191. The summed E-state index contributed by atoms with van der Waals surface area (Å²) in [6.45, 7) is 12.8. The molecule has 1 amide bonds. The average Bonchev–Trinajstić information content (AvgIpc) is 3.41. The summed E-state index contributed by atoms with van der Waals surface area (Å²) in [5.41, 5.74) is 12.0. The zero-order valence-electron chi connectivity index (χ0n) is 24.7. The summed E-state index contributed by atoms with van der Waals surface area (Å²) in [7, 11) is 1.51. The number of ether oxygens (including phenoxy) is 1. The average molecular weight is 568 g/mol. The van der Waals surface area contributed by atoms with E-state index in [1.54, 1.807) is 0 Å². The number of benzene rings is 2. The van der Waals surface area contributed by atoms with Crippen molar-refractivity contribution in [3.8, 4) is 5.69 Å². The molecule has 0 aliphatic carbocycles. The number of aryl methyl sites for hydroxylation is 5. The lowest BCUT2D eigenvalue weighted by atomic mass is 9.96. The molecule has 2 aromatic heterocycles. The molecule has 1 fully saturated rings. The van der Waals surface area contributed by atoms with Crippen molar-refractivity contribution in [2.24, 2.45) is 0 Å². The van der Waals surface area contributed by atoms with Gasteiger partial charge < -0.3 is 24.8 Å². The van der Waals surface area contributed by atoms with Crippen molar-refractivity contribution in [2.45, 2.75) is 53.6 Å². The van der Waals surface area contributed by atoms with Crippen molar-refractivity contribution in [1.82, 2.24) is 14.9 Å². The highest BCUT2D eigenvalue weighted by Gasteiger charge is 2.42. The van der Waals surface area contributed by atoms with Gasteiger partial charge in [-0.25, -0.2) is 0 Å². The molecule has 0 spiro atoms. The van der Waals surface area contributed by atoms with Crippen LogP contribution in [0.15, 0.2) is 60.8 Å². The van der Waals surface area contributed by atoms with E-state index in [4.69, 9.17) is 21.9 Å². The third-order valence-electron chi connectivity index (χ3n) is 7.78. The molecule has 2 atom stereocenters. The maximum absolute atomic E-state index is 12.2. The maximum atomic E-state index is 12.2. The van der Waals surface area contributed by atoms with Gasteiger partial charge in [-0.1, -0.05) is 23.8 Å². The minimum atomic E-state index is -0.191. The molecule has 3 heterocycles. The van der Waals surface area contributed by atoms with E-state index in [0.717, 1.165) is 28.3 Å². The van der Waals surface area contributed by atoms with Crippen LogP contribution in [-0.2, 0) is 9.53 Å². The fourth-order valence-corrected chi connectivity index (χ4v) is 6.51. The second-order valence-electron chi connectivity index (χ2n) is 10.9. The molecule has 1 aliphatic heterocycles. The van der Waals surface area contributed by atoms with E-state index in [1.807, 2.05) is 43.5 Å². The van der Waals surface area contributed by atoms with Gasteiger partial charge in [0.15, 0.2) is 5.11 Å². The molecule has 7 nitrogen and oxygen atoms in total. The van der Waals surface area contributed by atoms with Gasteiger partial charge in [-0.2, -0.15) is 0 Å². The Balaban J connectivity index is 1.64. The Kier molecular flexibility index (Phi) is 7.98. The van der Waals surface area contributed by atoms with Crippen LogP contribution in [0.25, 0.3) is 5.69 Å². The van der Waals surface area contributed by atoms with Gasteiger partial charge >= 0.3 is 0 Å². The van der Waals surface area contributed by atoms with E-state index < -0.39 is 0 Å². The van der Waals surface area contributed by atoms with Gasteiger partial charge in [0.05, 0.1) is 23.5 Å². The third-order valence-corrected chi connectivity index (χ3v) is 8.10. The Morgan fingerprint density at radius 2 is 1.73 bits per heavy atom. The monoisotopic (exact) mass is 567 g/mol. The number of carbonyl (C=O) groups excluding carboxylic acids is 1. The smallest absolute Gasteiger partial charge is 0.250 e. The molecule has 5 rings (SSSR count). The second kappa shape index (κ2) is 11.5. The fraction of sp³-hybridized carbons (Fsp3) is 0.303. The van der Waals surface area contributed by atoms with Crippen LogP contribution in [0.5, 0.6) is 0 Å². The number of amides is 1. The standard InChI is InChI=1S/C33H37N5O2S/c1-19-14-21(3)31(22(4)15-19)37-23(5)17-26(24(37)6)32-30(28-10-8-9-13-34-28)36-33(41)38(32)25-11-12-27(20(2)16-25)35-29(39)18-40-7/h8-17,30,32H,18H2,1-7H3,(H,35,39)(H,36,41)/t30-,32-/m0/s1. The SMILES string of the molecule is COCC(=O)Nc1ccc(N2C(=S)N[C@@H](c3ccccn3)[C@@H]2c2cc(C)n(-c3c(C)cc(C)cc3C)c2C)cc1C. The number of thiocarbonyl (C=S) groups is 1. The van der Waals surface area contributed by atoms with Crippen LogP contribution in [0.2, 0.25) is 0 Å². The molecule has 1 aliphatic rings. The number of nitrogens with one attached hydrogen (secondary N) is 2. The first-order valence-electron chi connectivity index (χ1n) is 13.8. The molecular formula is C33H37N5O2S. The van der Waals surface area contributed by atoms with Crippen molar-refractivity contribution in [2.75, 3.05) is 23.9 Å². The van der Waals surface area contributed by atoms with Crippen LogP contribution in [0, 0.1) is 41.5 Å². The Bertz CT molecular complexity index is 1610. The normalized spacial score (nSPS) is 16.7. The quantitative estimate of drug-likeness (QED) is 0.249. The number of carbonyl (C=O) groups is 1. The van der Waals surface area contributed by atoms with Crippen LogP contribution >= 0.6 is 12.2 Å². The zero-order chi connectivity index (χ0) is 29.4. The summed E-state index contributed by atoms with van der Waals surface area (Å²) >= 11 is 5.98. The summed E-state index contributed by atoms with van der Waals surface area (Å²) in [5, 5.41) is 7.13. The summed E-state index contributed by atoms with van der Waals surface area (Å²) in [6.07, 6.45) is 1.82. The molecular weight excluding hydrogens is 530 g/mol. The van der Waals surface area contributed by atoms with Crippen molar-refractivity contribution in [3.63, 3.8) is 0 Å². The van der Waals surface area contributed by atoms with Gasteiger partial charge in [-0.3, -0.25) is 9.78 Å². The molecule has 2 aromatic carbocycles. The van der Waals surface area contributed by atoms with Crippen molar-refractivity contribution < 1.29 is 9.53 Å². The number of aromatic nitrogens is 2. The molecule has 0 unspecified atom stereocenters. The van der Waals surface area contributed by atoms with E-state index in [-0.39, 0.29) is 24.6 Å². The molecule has 0 radical (unpaired) electrons. The predicted molar refractivity (Wildman–Crippen MR) is 169 cm³/mol. The minimum Gasteiger partial charge on any atom is -0.375 e. The van der Waals surface area contributed by atoms with Gasteiger partial charge in [-0.15, -0.1) is 0 Å². The van der Waals surface area contributed by atoms with Crippen molar-refractivity contribution >= 4 is 34.6 Å². The Morgan fingerprint density at radius 3 is 2.37 bits per heavy atom. The van der Waals surface area contributed by atoms with Gasteiger partial charge in [0.2, 0.25) is 5.91 Å². The molecule has 4 aromatic rings. The lowest BCUT2D eigenvalue weighted by Gasteiger charge is -2.29. The lowest BCUT2D eigenvalue weighted by Crippen LogP contribution is -2.29. The predicted octanol–water partition coefficient (Wildman–Crippen LogP) is 6.48. The summed E-state index contributed by atoms with van der Waals surface area (Å²) < 4.78 is 7.34. The van der Waals surface area contributed by atoms with Gasteiger partial charge in [0.25, 0.3) is 0 Å². The number of anilines is 2. The first kappa shape index (κ1) is 28.5. The molecule has 0 bridgehead atoms. The highest BCUT2D eigenvalue weighted by molar-refractivity contribution is 7.80. The van der Waals surface area contributed by atoms with Crippen LogP contribution in [0.1, 0.15) is 57.0 Å². The number of rotatable bonds is 7. The molecule has 0 saturated carbocycles. The zero-order valence-corrected chi connectivity index (χ0v) is 25.5. The largest absolute Gasteiger partial charge is 0.375 e. The molecule has 8 heteroatoms. The van der Waals surface area contributed by atoms with E-state index in [0.29, 0.717) is 5.11 Å². The van der Waals surface area contributed by atoms with Crippen LogP contribution in [-0.4, -0.2) is 34.3 Å². The van der Waals surface area contributed by atoms with E-state index in [1.165, 1.54) is 40.7 Å². The highest BCUT2D eigenvalue weighted by atomic mass is 32.1. The topological polar surface area (TPSA) is 71.4 Å². The summed E-state index contributed by atoms with van der Waals surface area (Å²) in [6, 6.07) is 18.5. The van der Waals surface area contributed by atoms with Gasteiger partial charge in [0, 0.05) is 36.1 Å². The van der Waals surface area contributed by atoms with Crippen LogP contribution < -0.4 is 15.5 Å². The Labute approximate surface area is 247 Å². The highest BCUT2D eigenvalue weighted by Crippen LogP contribution is 2.44. The molecule has 1 saturated heterocycles. The fourth-order valence-electron chi connectivity index (χ4n) is 6.16. The Hall–Kier alpha value is -4.01. The number of hydrogen-bond donors (Lipinski definition) is 2. The lowest BCUT2D eigenvalue weighted by molar-refractivity contribution is -0.119. The van der Waals surface area contributed by atoms with Gasteiger partial charge in [-0.05, 0) is 112 Å². The van der Waals surface area contributed by atoms with E-state index in [9.17, 15) is 4.79 Å². The number of nitrogens with zero attached hydrogens (tertiary/aromatic N) is 3. The minimum absolute atomic E-state index is 0.00466.